The van der Waals surface area contributed by atoms with Crippen molar-refractivity contribution in [3.8, 4) is 0 Å². The number of carbonyl (C=O) groups is 2. The summed E-state index contributed by atoms with van der Waals surface area (Å²) in [4.78, 5) is 28.1. The fraction of sp³-hybridized carbons (Fsp3) is 0.441. The SMILES string of the molecule is CCC=CCC=CCC=CCC=CCC=CCCCC(=O)NCCNCCNC(=O)C/C=C/c1ccc(C)nc1. The first-order valence-corrected chi connectivity index (χ1v) is 14.7. The maximum Gasteiger partial charge on any atom is 0.223 e. The van der Waals surface area contributed by atoms with Gasteiger partial charge < -0.3 is 16.0 Å². The van der Waals surface area contributed by atoms with Gasteiger partial charge >= 0.3 is 0 Å². The van der Waals surface area contributed by atoms with Gasteiger partial charge in [0.25, 0.3) is 0 Å². The van der Waals surface area contributed by atoms with Crippen molar-refractivity contribution in [1.82, 2.24) is 20.9 Å². The Morgan fingerprint density at radius 3 is 1.88 bits per heavy atom. The Bertz CT molecular complexity index is 972. The number of nitrogens with zero attached hydrogens (tertiary/aromatic N) is 1. The molecule has 1 aromatic heterocycles. The van der Waals surface area contributed by atoms with Crippen LogP contribution in [0.1, 0.15) is 76.0 Å². The van der Waals surface area contributed by atoms with Crippen molar-refractivity contribution in [3.63, 3.8) is 0 Å². The van der Waals surface area contributed by atoms with Crippen molar-refractivity contribution in [2.45, 2.75) is 71.6 Å². The van der Waals surface area contributed by atoms with E-state index in [0.717, 1.165) is 56.2 Å². The van der Waals surface area contributed by atoms with E-state index < -0.39 is 0 Å². The van der Waals surface area contributed by atoms with E-state index in [1.165, 1.54) is 0 Å². The fourth-order valence-electron chi connectivity index (χ4n) is 3.50. The second-order valence-corrected chi connectivity index (χ2v) is 9.39. The van der Waals surface area contributed by atoms with Crippen molar-refractivity contribution in [3.05, 3.63) is 96.4 Å². The van der Waals surface area contributed by atoms with Gasteiger partial charge in [-0.15, -0.1) is 0 Å². The number of aromatic nitrogens is 1. The molecule has 6 heteroatoms. The average Bonchev–Trinajstić information content (AvgIpc) is 2.95. The normalized spacial score (nSPS) is 12.2. The number of hydrogen-bond acceptors (Lipinski definition) is 4. The van der Waals surface area contributed by atoms with Gasteiger partial charge in [0.15, 0.2) is 0 Å². The van der Waals surface area contributed by atoms with Crippen LogP contribution in [0, 0.1) is 6.92 Å². The van der Waals surface area contributed by atoms with Crippen molar-refractivity contribution < 1.29 is 9.59 Å². The van der Waals surface area contributed by atoms with E-state index in [1.807, 2.05) is 31.2 Å². The minimum Gasteiger partial charge on any atom is -0.355 e. The molecule has 0 aliphatic carbocycles. The lowest BCUT2D eigenvalue weighted by atomic mass is 10.2. The van der Waals surface area contributed by atoms with E-state index in [-0.39, 0.29) is 11.8 Å². The third-order valence-corrected chi connectivity index (χ3v) is 5.73. The van der Waals surface area contributed by atoms with Crippen LogP contribution in [0.3, 0.4) is 0 Å². The molecular formula is C34H50N4O2. The Morgan fingerprint density at radius 1 is 0.725 bits per heavy atom. The fourth-order valence-corrected chi connectivity index (χ4v) is 3.50. The van der Waals surface area contributed by atoms with Crippen LogP contribution in [0.2, 0.25) is 0 Å². The molecule has 40 heavy (non-hydrogen) atoms. The van der Waals surface area contributed by atoms with Gasteiger partial charge in [0, 0.05) is 50.9 Å². The molecule has 0 saturated carbocycles. The standard InChI is InChI=1S/C34H50N4O2/c1-3-4-5-6-7-8-9-10-11-12-13-14-15-16-17-18-19-22-33(39)36-28-26-35-27-29-37-34(40)23-20-21-32-25-24-31(2)38-30-32/h4-5,7-8,10-11,13-14,16-17,20-21,24-25,30,35H,3,6,9,12,15,18-19,22-23,26-29H2,1-2H3,(H,36,39)(H,37,40)/b5-4?,8-7?,11-10?,14-13?,17-16?,21-20+. The summed E-state index contributed by atoms with van der Waals surface area (Å²) in [5.41, 5.74) is 1.95. The summed E-state index contributed by atoms with van der Waals surface area (Å²) >= 11 is 0. The van der Waals surface area contributed by atoms with E-state index in [1.54, 1.807) is 6.20 Å². The molecule has 0 radical (unpaired) electrons. The summed E-state index contributed by atoms with van der Waals surface area (Å²) in [5.74, 6) is 0.0666. The quantitative estimate of drug-likeness (QED) is 0.114. The van der Waals surface area contributed by atoms with Crippen molar-refractivity contribution in [1.29, 1.82) is 0 Å². The van der Waals surface area contributed by atoms with Crippen LogP contribution >= 0.6 is 0 Å². The van der Waals surface area contributed by atoms with Crippen molar-refractivity contribution in [2.24, 2.45) is 0 Å². The van der Waals surface area contributed by atoms with Crippen LogP contribution in [-0.4, -0.2) is 43.0 Å². The molecular weight excluding hydrogens is 496 g/mol. The Kier molecular flexibility index (Phi) is 22.2. The van der Waals surface area contributed by atoms with Gasteiger partial charge in [0.1, 0.15) is 0 Å². The van der Waals surface area contributed by atoms with E-state index >= 15 is 0 Å². The van der Waals surface area contributed by atoms with Gasteiger partial charge in [0.2, 0.25) is 11.8 Å². The topological polar surface area (TPSA) is 83.1 Å². The third-order valence-electron chi connectivity index (χ3n) is 5.73. The zero-order valence-corrected chi connectivity index (χ0v) is 24.6. The van der Waals surface area contributed by atoms with E-state index in [0.29, 0.717) is 39.0 Å². The maximum absolute atomic E-state index is 11.9. The molecule has 0 atom stereocenters. The van der Waals surface area contributed by atoms with Gasteiger partial charge in [-0.2, -0.15) is 0 Å². The van der Waals surface area contributed by atoms with Crippen LogP contribution in [0.25, 0.3) is 6.08 Å². The molecule has 3 N–H and O–H groups in total. The van der Waals surface area contributed by atoms with Crippen molar-refractivity contribution >= 4 is 17.9 Å². The Morgan fingerprint density at radius 2 is 1.30 bits per heavy atom. The van der Waals surface area contributed by atoms with E-state index in [4.69, 9.17) is 0 Å². The second kappa shape index (κ2) is 25.8. The summed E-state index contributed by atoms with van der Waals surface area (Å²) in [6, 6.07) is 3.92. The van der Waals surface area contributed by atoms with Crippen LogP contribution < -0.4 is 16.0 Å². The van der Waals surface area contributed by atoms with Crippen molar-refractivity contribution in [2.75, 3.05) is 26.2 Å². The molecule has 0 aliphatic rings. The average molecular weight is 547 g/mol. The lowest BCUT2D eigenvalue weighted by molar-refractivity contribution is -0.121. The summed E-state index contributed by atoms with van der Waals surface area (Å²) in [5, 5.41) is 9.04. The Balaban J connectivity index is 1.90. The molecule has 0 bridgehead atoms. The highest BCUT2D eigenvalue weighted by Crippen LogP contribution is 2.02. The Hall–Kier alpha value is -3.51. The highest BCUT2D eigenvalue weighted by molar-refractivity contribution is 5.78. The second-order valence-electron chi connectivity index (χ2n) is 9.39. The first kappa shape index (κ1) is 34.5. The third kappa shape index (κ3) is 22.5. The number of pyridine rings is 1. The lowest BCUT2D eigenvalue weighted by Crippen LogP contribution is -2.36. The molecule has 0 aromatic carbocycles. The zero-order chi connectivity index (χ0) is 28.9. The molecule has 2 amide bonds. The largest absolute Gasteiger partial charge is 0.355 e. The molecule has 1 heterocycles. The molecule has 218 valence electrons. The van der Waals surface area contributed by atoms with Crippen LogP contribution in [0.4, 0.5) is 0 Å². The molecule has 6 nitrogen and oxygen atoms in total. The number of carbonyl (C=O) groups excluding carboxylic acids is 2. The lowest BCUT2D eigenvalue weighted by Gasteiger charge is -2.07. The first-order valence-electron chi connectivity index (χ1n) is 14.7. The first-order chi connectivity index (χ1) is 19.6. The van der Waals surface area contributed by atoms with Gasteiger partial charge in [-0.25, -0.2) is 0 Å². The highest BCUT2D eigenvalue weighted by Gasteiger charge is 2.00. The molecule has 0 saturated heterocycles. The number of allylic oxidation sites excluding steroid dienone is 10. The number of unbranched alkanes of at least 4 members (excludes halogenated alkanes) is 1. The molecule has 0 spiro atoms. The summed E-state index contributed by atoms with van der Waals surface area (Å²) in [6.07, 6.45) is 35.1. The van der Waals surface area contributed by atoms with Gasteiger partial charge in [-0.3, -0.25) is 14.6 Å². The Labute approximate surface area is 242 Å². The number of amides is 2. The number of aryl methyl sites for hydroxylation is 1. The predicted octanol–water partition coefficient (Wildman–Crippen LogP) is 6.54. The minimum absolute atomic E-state index is 0.0149. The van der Waals surface area contributed by atoms with Gasteiger partial charge in [-0.1, -0.05) is 85.9 Å². The summed E-state index contributed by atoms with van der Waals surface area (Å²) < 4.78 is 0. The van der Waals surface area contributed by atoms with Crippen LogP contribution in [-0.2, 0) is 9.59 Å². The molecule has 0 unspecified atom stereocenters. The molecule has 0 fully saturated rings. The van der Waals surface area contributed by atoms with E-state index in [2.05, 4.69) is 88.6 Å². The summed E-state index contributed by atoms with van der Waals surface area (Å²) in [7, 11) is 0. The smallest absolute Gasteiger partial charge is 0.223 e. The monoisotopic (exact) mass is 546 g/mol. The number of nitrogens with one attached hydrogen (secondary N) is 3. The number of hydrogen-bond donors (Lipinski definition) is 3. The maximum atomic E-state index is 11.9. The predicted molar refractivity (Wildman–Crippen MR) is 170 cm³/mol. The zero-order valence-electron chi connectivity index (χ0n) is 24.6. The molecule has 1 aromatic rings. The number of rotatable bonds is 22. The van der Waals surface area contributed by atoms with Crippen LogP contribution in [0.15, 0.2) is 85.2 Å². The van der Waals surface area contributed by atoms with Gasteiger partial charge in [0.05, 0.1) is 0 Å². The van der Waals surface area contributed by atoms with Crippen LogP contribution in [0.5, 0.6) is 0 Å². The molecule has 1 rings (SSSR count). The summed E-state index contributed by atoms with van der Waals surface area (Å²) in [6.45, 7) is 6.57. The minimum atomic E-state index is -0.0149. The molecule has 0 aliphatic heterocycles. The van der Waals surface area contributed by atoms with E-state index in [9.17, 15) is 9.59 Å². The highest BCUT2D eigenvalue weighted by atomic mass is 16.2. The van der Waals surface area contributed by atoms with Gasteiger partial charge in [-0.05, 0) is 63.5 Å².